The van der Waals surface area contributed by atoms with Crippen LogP contribution in [0.4, 0.5) is 0 Å². The normalized spacial score (nSPS) is 25.4. The molecule has 2 aliphatic rings. The first kappa shape index (κ1) is 21.5. The van der Waals surface area contributed by atoms with Crippen LogP contribution in [0.2, 0.25) is 0 Å². The Bertz CT molecular complexity index is 577. The minimum Gasteiger partial charge on any atom is -0.494 e. The summed E-state index contributed by atoms with van der Waals surface area (Å²) in [6.07, 6.45) is 20.6. The third-order valence-corrected chi connectivity index (χ3v) is 7.20. The molecule has 0 aliphatic heterocycles. The summed E-state index contributed by atoms with van der Waals surface area (Å²) in [6, 6.07) is 8.75. The molecule has 2 aliphatic carbocycles. The molecule has 0 heterocycles. The average Bonchev–Trinajstić information content (AvgIpc) is 2.76. The fourth-order valence-corrected chi connectivity index (χ4v) is 5.28. The molecule has 0 bridgehead atoms. The number of ether oxygens (including phenoxy) is 1. The Kier molecular flexibility index (Phi) is 8.96. The zero-order valence-corrected chi connectivity index (χ0v) is 18.4. The Hall–Kier alpha value is -1.24. The highest BCUT2D eigenvalue weighted by Gasteiger charge is 2.28. The van der Waals surface area contributed by atoms with Crippen molar-refractivity contribution in [2.24, 2.45) is 17.8 Å². The third-order valence-electron chi connectivity index (χ3n) is 7.20. The molecule has 1 aromatic rings. The summed E-state index contributed by atoms with van der Waals surface area (Å²) in [5, 5.41) is 0. The molecule has 1 heteroatoms. The summed E-state index contributed by atoms with van der Waals surface area (Å²) >= 11 is 0. The van der Waals surface area contributed by atoms with Crippen LogP contribution in [0.5, 0.6) is 5.75 Å². The predicted octanol–water partition coefficient (Wildman–Crippen LogP) is 8.13. The molecule has 0 radical (unpaired) electrons. The minimum absolute atomic E-state index is 0.813. The molecule has 0 aromatic heterocycles. The molecule has 1 nitrogen and oxygen atoms in total. The van der Waals surface area contributed by atoms with Gasteiger partial charge in [0.2, 0.25) is 0 Å². The number of allylic oxidation sites excluding steroid dienone is 2. The standard InChI is InChI=1S/C27H42O/c1-3-5-6-22-9-15-25(16-10-22)26-17-11-23(12-18-26)7-8-24-13-19-27(20-14-24)28-21-4-2/h11,13-14,19-20,22,25-26H,3-10,12,15-18,21H2,1-2H3/t22-,25-,26?. The van der Waals surface area contributed by atoms with Crippen LogP contribution in [0, 0.1) is 17.8 Å². The first-order valence-electron chi connectivity index (χ1n) is 12.2. The molecule has 3 rings (SSSR count). The lowest BCUT2D eigenvalue weighted by atomic mass is 9.70. The fraction of sp³-hybridized carbons (Fsp3) is 0.704. The van der Waals surface area contributed by atoms with Crippen molar-refractivity contribution in [1.82, 2.24) is 0 Å². The van der Waals surface area contributed by atoms with Crippen LogP contribution in [0.3, 0.4) is 0 Å². The van der Waals surface area contributed by atoms with Crippen molar-refractivity contribution < 1.29 is 4.74 Å². The van der Waals surface area contributed by atoms with Gasteiger partial charge in [0.25, 0.3) is 0 Å². The van der Waals surface area contributed by atoms with E-state index in [1.54, 1.807) is 5.57 Å². The Morgan fingerprint density at radius 3 is 2.29 bits per heavy atom. The van der Waals surface area contributed by atoms with Crippen LogP contribution >= 0.6 is 0 Å². The topological polar surface area (TPSA) is 9.23 Å². The summed E-state index contributed by atoms with van der Waals surface area (Å²) in [7, 11) is 0. The second-order valence-electron chi connectivity index (χ2n) is 9.31. The van der Waals surface area contributed by atoms with Gasteiger partial charge in [-0.3, -0.25) is 0 Å². The van der Waals surface area contributed by atoms with Crippen molar-refractivity contribution in [2.45, 2.75) is 97.3 Å². The van der Waals surface area contributed by atoms with Gasteiger partial charge in [0.1, 0.15) is 5.75 Å². The van der Waals surface area contributed by atoms with E-state index in [4.69, 9.17) is 4.74 Å². The predicted molar refractivity (Wildman–Crippen MR) is 121 cm³/mol. The number of benzene rings is 1. The molecule has 1 atom stereocenters. The molecular weight excluding hydrogens is 340 g/mol. The maximum Gasteiger partial charge on any atom is 0.119 e. The van der Waals surface area contributed by atoms with Gasteiger partial charge in [-0.15, -0.1) is 0 Å². The van der Waals surface area contributed by atoms with Gasteiger partial charge >= 0.3 is 0 Å². The minimum atomic E-state index is 0.813. The van der Waals surface area contributed by atoms with Crippen LogP contribution in [0.15, 0.2) is 35.9 Å². The number of hydrogen-bond acceptors (Lipinski definition) is 1. The molecule has 156 valence electrons. The van der Waals surface area contributed by atoms with Gasteiger partial charge in [0, 0.05) is 0 Å². The molecule has 0 saturated heterocycles. The van der Waals surface area contributed by atoms with Crippen molar-refractivity contribution in [3.8, 4) is 5.75 Å². The maximum atomic E-state index is 5.69. The van der Waals surface area contributed by atoms with Crippen LogP contribution in [0.1, 0.15) is 96.5 Å². The van der Waals surface area contributed by atoms with Gasteiger partial charge in [0.05, 0.1) is 6.61 Å². The van der Waals surface area contributed by atoms with Crippen molar-refractivity contribution >= 4 is 0 Å². The summed E-state index contributed by atoms with van der Waals surface area (Å²) in [5.74, 6) is 4.05. The quantitative estimate of drug-likeness (QED) is 0.371. The maximum absolute atomic E-state index is 5.69. The monoisotopic (exact) mass is 382 g/mol. The van der Waals surface area contributed by atoms with Crippen molar-refractivity contribution in [3.05, 3.63) is 41.5 Å². The van der Waals surface area contributed by atoms with Gasteiger partial charge in [-0.1, -0.05) is 69.7 Å². The third kappa shape index (κ3) is 6.68. The van der Waals surface area contributed by atoms with E-state index in [-0.39, 0.29) is 0 Å². The highest BCUT2D eigenvalue weighted by atomic mass is 16.5. The van der Waals surface area contributed by atoms with Crippen molar-refractivity contribution in [2.75, 3.05) is 6.61 Å². The highest BCUT2D eigenvalue weighted by molar-refractivity contribution is 5.28. The lowest BCUT2D eigenvalue weighted by Crippen LogP contribution is -2.23. The Morgan fingerprint density at radius 2 is 1.64 bits per heavy atom. The van der Waals surface area contributed by atoms with Crippen molar-refractivity contribution in [3.63, 3.8) is 0 Å². The highest BCUT2D eigenvalue weighted by Crippen LogP contribution is 2.41. The van der Waals surface area contributed by atoms with E-state index < -0.39 is 0 Å². The summed E-state index contributed by atoms with van der Waals surface area (Å²) in [5.41, 5.74) is 3.15. The lowest BCUT2D eigenvalue weighted by molar-refractivity contribution is 0.185. The van der Waals surface area contributed by atoms with E-state index in [2.05, 4.69) is 44.2 Å². The number of aryl methyl sites for hydroxylation is 1. The molecule has 1 unspecified atom stereocenters. The van der Waals surface area contributed by atoms with Gasteiger partial charge < -0.3 is 4.74 Å². The van der Waals surface area contributed by atoms with Crippen LogP contribution in [-0.2, 0) is 6.42 Å². The van der Waals surface area contributed by atoms with Gasteiger partial charge in [-0.2, -0.15) is 0 Å². The van der Waals surface area contributed by atoms with E-state index in [1.807, 2.05) is 0 Å². The van der Waals surface area contributed by atoms with E-state index in [0.717, 1.165) is 36.5 Å². The van der Waals surface area contributed by atoms with Crippen LogP contribution in [-0.4, -0.2) is 6.61 Å². The van der Waals surface area contributed by atoms with E-state index >= 15 is 0 Å². The zero-order valence-electron chi connectivity index (χ0n) is 18.4. The summed E-state index contributed by atoms with van der Waals surface area (Å²) in [6.45, 7) is 5.29. The van der Waals surface area contributed by atoms with Crippen LogP contribution < -0.4 is 4.74 Å². The molecule has 0 spiro atoms. The Balaban J connectivity index is 1.37. The summed E-state index contributed by atoms with van der Waals surface area (Å²) < 4.78 is 5.69. The Labute approximate surface area is 174 Å². The van der Waals surface area contributed by atoms with E-state index in [1.165, 1.54) is 82.6 Å². The SMILES string of the molecule is CCCC[C@H]1CC[C@H](C2CC=C(CCc3ccc(OCCC)cc3)CC2)CC1. The number of unbranched alkanes of at least 4 members (excludes halogenated alkanes) is 1. The lowest BCUT2D eigenvalue weighted by Gasteiger charge is -2.35. The summed E-state index contributed by atoms with van der Waals surface area (Å²) in [4.78, 5) is 0. The van der Waals surface area contributed by atoms with E-state index in [0.29, 0.717) is 0 Å². The second-order valence-corrected chi connectivity index (χ2v) is 9.31. The van der Waals surface area contributed by atoms with Crippen molar-refractivity contribution in [1.29, 1.82) is 0 Å². The Morgan fingerprint density at radius 1 is 0.857 bits per heavy atom. The van der Waals surface area contributed by atoms with Crippen LogP contribution in [0.25, 0.3) is 0 Å². The van der Waals surface area contributed by atoms with Gasteiger partial charge in [0.15, 0.2) is 0 Å². The fourth-order valence-electron chi connectivity index (χ4n) is 5.28. The molecule has 1 aromatic carbocycles. The molecular formula is C27H42O. The number of hydrogen-bond donors (Lipinski definition) is 0. The van der Waals surface area contributed by atoms with Gasteiger partial charge in [-0.25, -0.2) is 0 Å². The molecule has 0 amide bonds. The average molecular weight is 383 g/mol. The molecule has 0 N–H and O–H groups in total. The molecule has 1 fully saturated rings. The first-order valence-corrected chi connectivity index (χ1v) is 12.2. The first-order chi connectivity index (χ1) is 13.8. The zero-order chi connectivity index (χ0) is 19.6. The second kappa shape index (κ2) is 11.7. The smallest absolute Gasteiger partial charge is 0.119 e. The largest absolute Gasteiger partial charge is 0.494 e. The van der Waals surface area contributed by atoms with E-state index in [9.17, 15) is 0 Å². The van der Waals surface area contributed by atoms with Gasteiger partial charge in [-0.05, 0) is 86.8 Å². The number of rotatable bonds is 10. The molecule has 1 saturated carbocycles. The molecule has 28 heavy (non-hydrogen) atoms.